The number of piperidine rings is 1. The van der Waals surface area contributed by atoms with E-state index in [4.69, 9.17) is 4.74 Å². The van der Waals surface area contributed by atoms with Gasteiger partial charge in [-0.2, -0.15) is 0 Å². The van der Waals surface area contributed by atoms with E-state index in [-0.39, 0.29) is 11.8 Å². The van der Waals surface area contributed by atoms with Crippen molar-refractivity contribution in [2.75, 3.05) is 26.3 Å². The van der Waals surface area contributed by atoms with Gasteiger partial charge in [0.2, 0.25) is 5.91 Å². The van der Waals surface area contributed by atoms with Crippen LogP contribution < -0.4 is 5.32 Å². The number of aromatic nitrogens is 2. The molecule has 0 spiro atoms. The summed E-state index contributed by atoms with van der Waals surface area (Å²) in [5.74, 6) is 0.674. The normalized spacial score (nSPS) is 21.3. The van der Waals surface area contributed by atoms with Gasteiger partial charge in [-0.1, -0.05) is 18.3 Å². The summed E-state index contributed by atoms with van der Waals surface area (Å²) in [4.78, 5) is 16.1. The molecule has 0 bridgehead atoms. The van der Waals surface area contributed by atoms with Crippen LogP contribution in [0.2, 0.25) is 0 Å². The van der Waals surface area contributed by atoms with Crippen molar-refractivity contribution >= 4 is 17.4 Å². The largest absolute Gasteiger partial charge is 0.381 e. The second-order valence-electron chi connectivity index (χ2n) is 7.11. The Morgan fingerprint density at radius 3 is 2.67 bits per heavy atom. The fourth-order valence-electron chi connectivity index (χ4n) is 3.67. The lowest BCUT2D eigenvalue weighted by Crippen LogP contribution is -2.46. The third-order valence-electron chi connectivity index (χ3n) is 5.16. The maximum Gasteiger partial charge on any atom is 0.223 e. The Morgan fingerprint density at radius 2 is 2.00 bits per heavy atom. The van der Waals surface area contributed by atoms with Gasteiger partial charge < -0.3 is 15.0 Å². The average molecular weight is 353 g/mol. The summed E-state index contributed by atoms with van der Waals surface area (Å²) in [6.07, 6.45) is 4.18. The Bertz CT molecular complexity index is 534. The van der Waals surface area contributed by atoms with Crippen LogP contribution in [-0.4, -0.2) is 52.7 Å². The highest BCUT2D eigenvalue weighted by Crippen LogP contribution is 2.24. The van der Waals surface area contributed by atoms with E-state index in [1.807, 2.05) is 0 Å². The molecule has 0 atom stereocenters. The molecule has 2 aliphatic rings. The van der Waals surface area contributed by atoms with Crippen molar-refractivity contribution in [3.05, 3.63) is 10.6 Å². The van der Waals surface area contributed by atoms with E-state index >= 15 is 0 Å². The first-order valence-corrected chi connectivity index (χ1v) is 9.83. The van der Waals surface area contributed by atoms with Crippen LogP contribution in [-0.2, 0) is 16.1 Å². The van der Waals surface area contributed by atoms with Crippen LogP contribution in [0.1, 0.15) is 56.0 Å². The minimum Gasteiger partial charge on any atom is -0.381 e. The van der Waals surface area contributed by atoms with Gasteiger partial charge in [0.1, 0.15) is 0 Å². The third kappa shape index (κ3) is 4.32. The zero-order valence-corrected chi connectivity index (χ0v) is 15.5. The Morgan fingerprint density at radius 1 is 1.29 bits per heavy atom. The fraction of sp³-hybridized carbons (Fsp3) is 0.824. The maximum atomic E-state index is 12.5. The molecule has 3 heterocycles. The van der Waals surface area contributed by atoms with Crippen molar-refractivity contribution in [1.82, 2.24) is 19.8 Å². The molecule has 3 rings (SSSR count). The summed E-state index contributed by atoms with van der Waals surface area (Å²) in [5.41, 5.74) is 1.01. The zero-order chi connectivity index (χ0) is 16.9. The van der Waals surface area contributed by atoms with E-state index in [1.165, 1.54) is 11.5 Å². The van der Waals surface area contributed by atoms with Gasteiger partial charge in [0, 0.05) is 25.2 Å². The van der Waals surface area contributed by atoms with Crippen LogP contribution in [0.15, 0.2) is 0 Å². The van der Waals surface area contributed by atoms with Gasteiger partial charge in [-0.3, -0.25) is 4.79 Å². The summed E-state index contributed by atoms with van der Waals surface area (Å²) >= 11 is 1.39. The molecule has 2 saturated heterocycles. The number of likely N-dealkylation sites (tertiary alicyclic amines) is 1. The number of carbonyl (C=O) groups is 1. The highest BCUT2D eigenvalue weighted by atomic mass is 32.1. The molecule has 1 N–H and O–H groups in total. The molecule has 2 aliphatic heterocycles. The van der Waals surface area contributed by atoms with Gasteiger partial charge in [0.15, 0.2) is 0 Å². The fourth-order valence-corrected chi connectivity index (χ4v) is 4.40. The quantitative estimate of drug-likeness (QED) is 0.880. The molecular formula is C17H28N4O2S. The van der Waals surface area contributed by atoms with Crippen LogP contribution in [0.3, 0.4) is 0 Å². The Hall–Kier alpha value is -1.05. The van der Waals surface area contributed by atoms with E-state index in [0.717, 1.165) is 62.6 Å². The molecule has 1 aromatic heterocycles. The topological polar surface area (TPSA) is 67.4 Å². The first kappa shape index (κ1) is 17.8. The number of amides is 1. The molecule has 0 aliphatic carbocycles. The molecule has 6 nitrogen and oxygen atoms in total. The molecule has 0 radical (unpaired) electrons. The maximum absolute atomic E-state index is 12.5. The van der Waals surface area contributed by atoms with Gasteiger partial charge in [0.25, 0.3) is 0 Å². The minimum absolute atomic E-state index is 0.143. The molecule has 0 unspecified atom stereocenters. The summed E-state index contributed by atoms with van der Waals surface area (Å²) < 4.78 is 9.46. The van der Waals surface area contributed by atoms with E-state index in [0.29, 0.717) is 18.5 Å². The number of hydrogen-bond acceptors (Lipinski definition) is 6. The highest BCUT2D eigenvalue weighted by molar-refractivity contribution is 7.05. The lowest BCUT2D eigenvalue weighted by atomic mass is 9.93. The summed E-state index contributed by atoms with van der Waals surface area (Å²) in [6.45, 7) is 8.59. The molecule has 1 amide bonds. The Balaban J connectivity index is 1.44. The van der Waals surface area contributed by atoms with Crippen LogP contribution in [0.5, 0.6) is 0 Å². The predicted octanol–water partition coefficient (Wildman–Crippen LogP) is 2.17. The van der Waals surface area contributed by atoms with E-state index in [9.17, 15) is 4.79 Å². The van der Waals surface area contributed by atoms with Crippen LogP contribution in [0.25, 0.3) is 0 Å². The predicted molar refractivity (Wildman–Crippen MR) is 94.0 cm³/mol. The summed E-state index contributed by atoms with van der Waals surface area (Å²) in [6, 6.07) is 0.652. The number of ether oxygens (including phenoxy) is 1. The van der Waals surface area contributed by atoms with Crippen LogP contribution in [0.4, 0.5) is 0 Å². The first-order valence-electron chi connectivity index (χ1n) is 9.05. The zero-order valence-electron chi connectivity index (χ0n) is 14.7. The second-order valence-corrected chi connectivity index (χ2v) is 7.95. The van der Waals surface area contributed by atoms with Crippen molar-refractivity contribution in [3.8, 4) is 0 Å². The number of rotatable bonds is 5. The Kier molecular flexibility index (Phi) is 6.19. The standard InChI is InChI=1S/C17H28N4O2S/c1-12(2)16-15(24-20-19-16)11-18-17(22)13-3-7-21(8-4-13)14-5-9-23-10-6-14/h12-14H,3-11H2,1-2H3,(H,18,22). The van der Waals surface area contributed by atoms with Gasteiger partial charge in [-0.25, -0.2) is 0 Å². The van der Waals surface area contributed by atoms with Crippen molar-refractivity contribution < 1.29 is 9.53 Å². The molecule has 2 fully saturated rings. The smallest absolute Gasteiger partial charge is 0.223 e. The number of nitrogens with zero attached hydrogens (tertiary/aromatic N) is 3. The third-order valence-corrected chi connectivity index (χ3v) is 5.90. The van der Waals surface area contributed by atoms with E-state index in [1.54, 1.807) is 0 Å². The van der Waals surface area contributed by atoms with E-state index < -0.39 is 0 Å². The Labute approximate surface area is 148 Å². The van der Waals surface area contributed by atoms with Crippen molar-refractivity contribution in [3.63, 3.8) is 0 Å². The molecule has 7 heteroatoms. The lowest BCUT2D eigenvalue weighted by Gasteiger charge is -2.38. The molecule has 0 aromatic carbocycles. The monoisotopic (exact) mass is 352 g/mol. The van der Waals surface area contributed by atoms with Gasteiger partial charge >= 0.3 is 0 Å². The van der Waals surface area contributed by atoms with Crippen molar-refractivity contribution in [2.45, 2.75) is 58.0 Å². The average Bonchev–Trinajstić information content (AvgIpc) is 3.09. The lowest BCUT2D eigenvalue weighted by molar-refractivity contribution is -0.127. The molecule has 134 valence electrons. The summed E-state index contributed by atoms with van der Waals surface area (Å²) in [5, 5.41) is 7.27. The van der Waals surface area contributed by atoms with Gasteiger partial charge in [-0.05, 0) is 56.2 Å². The molecule has 0 saturated carbocycles. The van der Waals surface area contributed by atoms with Crippen molar-refractivity contribution in [1.29, 1.82) is 0 Å². The minimum atomic E-state index is 0.143. The number of carbonyl (C=O) groups excluding carboxylic acids is 1. The van der Waals surface area contributed by atoms with Gasteiger partial charge in [0.05, 0.1) is 17.1 Å². The van der Waals surface area contributed by atoms with Gasteiger partial charge in [-0.15, -0.1) is 5.10 Å². The SMILES string of the molecule is CC(C)c1nnsc1CNC(=O)C1CCN(C2CCOCC2)CC1. The van der Waals surface area contributed by atoms with E-state index in [2.05, 4.69) is 33.7 Å². The second kappa shape index (κ2) is 8.36. The summed E-state index contributed by atoms with van der Waals surface area (Å²) in [7, 11) is 0. The molecule has 1 aromatic rings. The first-order chi connectivity index (χ1) is 11.6. The molecular weight excluding hydrogens is 324 g/mol. The number of nitrogens with one attached hydrogen (secondary N) is 1. The highest BCUT2D eigenvalue weighted by Gasteiger charge is 2.29. The van der Waals surface area contributed by atoms with Crippen LogP contribution in [0, 0.1) is 5.92 Å². The van der Waals surface area contributed by atoms with Crippen LogP contribution >= 0.6 is 11.5 Å². The number of hydrogen-bond donors (Lipinski definition) is 1. The molecule has 24 heavy (non-hydrogen) atoms. The van der Waals surface area contributed by atoms with Crippen molar-refractivity contribution in [2.24, 2.45) is 5.92 Å².